The van der Waals surface area contributed by atoms with Crippen LogP contribution in [0.15, 0.2) is 24.4 Å². The Labute approximate surface area is 116 Å². The molecular weight excluding hydrogens is 254 g/mol. The molecule has 2 aromatic heterocycles. The molecule has 0 unspecified atom stereocenters. The molecular formula is C15H15N3O2. The maximum Gasteiger partial charge on any atom is 0.335 e. The van der Waals surface area contributed by atoms with Crippen molar-refractivity contribution in [3.63, 3.8) is 0 Å². The van der Waals surface area contributed by atoms with Crippen LogP contribution in [0.4, 0.5) is 0 Å². The molecule has 1 fully saturated rings. The number of pyridine rings is 1. The maximum absolute atomic E-state index is 10.9. The van der Waals surface area contributed by atoms with Gasteiger partial charge in [-0.15, -0.1) is 0 Å². The second-order valence-electron chi connectivity index (χ2n) is 5.00. The van der Waals surface area contributed by atoms with Crippen LogP contribution in [0.25, 0.3) is 12.2 Å². The van der Waals surface area contributed by atoms with E-state index in [1.54, 1.807) is 12.1 Å². The van der Waals surface area contributed by atoms with Crippen LogP contribution in [0, 0.1) is 0 Å². The van der Waals surface area contributed by atoms with Crippen LogP contribution < -0.4 is 0 Å². The fourth-order valence-electron chi connectivity index (χ4n) is 2.19. The van der Waals surface area contributed by atoms with Gasteiger partial charge in [0.15, 0.2) is 0 Å². The first-order valence-corrected chi connectivity index (χ1v) is 6.55. The number of hydrogen-bond donors (Lipinski definition) is 1. The molecule has 1 aliphatic carbocycles. The summed E-state index contributed by atoms with van der Waals surface area (Å²) in [5.74, 6) is -0.293. The summed E-state index contributed by atoms with van der Waals surface area (Å²) in [7, 11) is 1.95. The Bertz CT molecular complexity index is 684. The maximum atomic E-state index is 10.9. The van der Waals surface area contributed by atoms with Crippen molar-refractivity contribution in [2.45, 2.75) is 18.8 Å². The minimum atomic E-state index is -0.948. The first-order chi connectivity index (χ1) is 9.63. The second kappa shape index (κ2) is 4.92. The molecule has 5 nitrogen and oxygen atoms in total. The fraction of sp³-hybridized carbons (Fsp3) is 0.267. The third-order valence-corrected chi connectivity index (χ3v) is 3.38. The molecule has 0 amide bonds. The summed E-state index contributed by atoms with van der Waals surface area (Å²) in [6, 6.07) is 5.10. The molecule has 0 aromatic carbocycles. The number of hydrogen-bond acceptors (Lipinski definition) is 3. The SMILES string of the molecule is Cn1nc(/C=C/c2cc(C(=O)O)ccn2)cc1C1CC1. The van der Waals surface area contributed by atoms with E-state index in [1.165, 1.54) is 30.8 Å². The number of aromatic carboxylic acids is 1. The molecule has 0 aliphatic heterocycles. The summed E-state index contributed by atoms with van der Waals surface area (Å²) in [6.45, 7) is 0. The smallest absolute Gasteiger partial charge is 0.335 e. The Hall–Kier alpha value is -2.43. The normalized spacial score (nSPS) is 14.8. The van der Waals surface area contributed by atoms with Crippen molar-refractivity contribution in [2.75, 3.05) is 0 Å². The topological polar surface area (TPSA) is 68.0 Å². The van der Waals surface area contributed by atoms with Crippen LogP contribution in [-0.4, -0.2) is 25.8 Å². The van der Waals surface area contributed by atoms with E-state index in [-0.39, 0.29) is 5.56 Å². The lowest BCUT2D eigenvalue weighted by atomic mass is 10.2. The molecule has 5 heteroatoms. The van der Waals surface area contributed by atoms with Crippen molar-refractivity contribution in [3.8, 4) is 0 Å². The van der Waals surface area contributed by atoms with Gasteiger partial charge in [-0.1, -0.05) is 0 Å². The molecule has 1 aliphatic rings. The fourth-order valence-corrected chi connectivity index (χ4v) is 2.19. The van der Waals surface area contributed by atoms with Crippen LogP contribution >= 0.6 is 0 Å². The van der Waals surface area contributed by atoms with Crippen LogP contribution in [0.2, 0.25) is 0 Å². The van der Waals surface area contributed by atoms with Crippen molar-refractivity contribution >= 4 is 18.1 Å². The van der Waals surface area contributed by atoms with E-state index in [1.807, 2.05) is 17.8 Å². The van der Waals surface area contributed by atoms with Crippen LogP contribution in [0.3, 0.4) is 0 Å². The lowest BCUT2D eigenvalue weighted by molar-refractivity contribution is 0.0696. The molecule has 0 atom stereocenters. The molecule has 3 rings (SSSR count). The highest BCUT2D eigenvalue weighted by atomic mass is 16.4. The van der Waals surface area contributed by atoms with Gasteiger partial charge in [0.1, 0.15) is 0 Å². The minimum absolute atomic E-state index is 0.236. The molecule has 102 valence electrons. The monoisotopic (exact) mass is 269 g/mol. The number of carbonyl (C=O) groups is 1. The predicted molar refractivity (Wildman–Crippen MR) is 75.3 cm³/mol. The summed E-state index contributed by atoms with van der Waals surface area (Å²) in [4.78, 5) is 15.0. The third kappa shape index (κ3) is 2.61. The highest BCUT2D eigenvalue weighted by Crippen LogP contribution is 2.40. The number of carboxylic acids is 1. The third-order valence-electron chi connectivity index (χ3n) is 3.38. The van der Waals surface area contributed by atoms with E-state index in [0.29, 0.717) is 11.6 Å². The van der Waals surface area contributed by atoms with Gasteiger partial charge in [-0.05, 0) is 43.2 Å². The van der Waals surface area contributed by atoms with Crippen LogP contribution in [-0.2, 0) is 7.05 Å². The number of aryl methyl sites for hydroxylation is 1. The van der Waals surface area contributed by atoms with Crippen LogP contribution in [0.5, 0.6) is 0 Å². The summed E-state index contributed by atoms with van der Waals surface area (Å²) < 4.78 is 1.92. The zero-order valence-corrected chi connectivity index (χ0v) is 11.2. The molecule has 1 saturated carbocycles. The van der Waals surface area contributed by atoms with E-state index in [9.17, 15) is 4.79 Å². The largest absolute Gasteiger partial charge is 0.478 e. The lowest BCUT2D eigenvalue weighted by Gasteiger charge is -1.95. The quantitative estimate of drug-likeness (QED) is 0.926. The van der Waals surface area contributed by atoms with Gasteiger partial charge in [0, 0.05) is 24.9 Å². The Morgan fingerprint density at radius 2 is 2.10 bits per heavy atom. The van der Waals surface area contributed by atoms with Gasteiger partial charge in [-0.25, -0.2) is 4.79 Å². The standard InChI is InChI=1S/C15H15N3O2/c1-18-14(10-2-3-10)9-13(17-18)5-4-12-8-11(15(19)20)6-7-16-12/h4-10H,2-3H2,1H3,(H,19,20)/b5-4+. The summed E-state index contributed by atoms with van der Waals surface area (Å²) in [6.07, 6.45) is 7.62. The van der Waals surface area contributed by atoms with Gasteiger partial charge in [-0.3, -0.25) is 9.67 Å². The molecule has 2 aromatic rings. The molecule has 0 spiro atoms. The van der Waals surface area contributed by atoms with Gasteiger partial charge in [-0.2, -0.15) is 5.10 Å². The molecule has 1 N–H and O–H groups in total. The molecule has 20 heavy (non-hydrogen) atoms. The summed E-state index contributed by atoms with van der Waals surface area (Å²) >= 11 is 0. The van der Waals surface area contributed by atoms with Gasteiger partial charge in [0.2, 0.25) is 0 Å². The van der Waals surface area contributed by atoms with Crippen molar-refractivity contribution in [1.82, 2.24) is 14.8 Å². The highest BCUT2D eigenvalue weighted by Gasteiger charge is 2.26. The van der Waals surface area contributed by atoms with E-state index >= 15 is 0 Å². The Morgan fingerprint density at radius 1 is 1.35 bits per heavy atom. The Morgan fingerprint density at radius 3 is 2.80 bits per heavy atom. The van der Waals surface area contributed by atoms with Gasteiger partial charge >= 0.3 is 5.97 Å². The first kappa shape index (κ1) is 12.6. The molecule has 0 bridgehead atoms. The summed E-state index contributed by atoms with van der Waals surface area (Å²) in [5.41, 5.74) is 2.98. The first-order valence-electron chi connectivity index (χ1n) is 6.55. The average Bonchev–Trinajstić information content (AvgIpc) is 3.21. The van der Waals surface area contributed by atoms with E-state index < -0.39 is 5.97 Å². The predicted octanol–water partition coefficient (Wildman–Crippen LogP) is 2.56. The number of carboxylic acid groups (broad SMARTS) is 1. The van der Waals surface area contributed by atoms with E-state index in [4.69, 9.17) is 5.11 Å². The molecule has 0 saturated heterocycles. The lowest BCUT2D eigenvalue weighted by Crippen LogP contribution is -1.97. The van der Waals surface area contributed by atoms with Crippen molar-refractivity contribution in [2.24, 2.45) is 7.05 Å². The Kier molecular flexibility index (Phi) is 3.10. The van der Waals surface area contributed by atoms with Gasteiger partial charge in [0.25, 0.3) is 0 Å². The van der Waals surface area contributed by atoms with Crippen molar-refractivity contribution in [3.05, 3.63) is 47.0 Å². The molecule has 2 heterocycles. The zero-order chi connectivity index (χ0) is 14.1. The van der Waals surface area contributed by atoms with Crippen LogP contribution in [0.1, 0.15) is 46.2 Å². The van der Waals surface area contributed by atoms with Crippen molar-refractivity contribution in [1.29, 1.82) is 0 Å². The average molecular weight is 269 g/mol. The van der Waals surface area contributed by atoms with Gasteiger partial charge < -0.3 is 5.11 Å². The van der Waals surface area contributed by atoms with Crippen molar-refractivity contribution < 1.29 is 9.90 Å². The number of aromatic nitrogens is 3. The number of rotatable bonds is 4. The minimum Gasteiger partial charge on any atom is -0.478 e. The van der Waals surface area contributed by atoms with E-state index in [0.717, 1.165) is 5.69 Å². The van der Waals surface area contributed by atoms with E-state index in [2.05, 4.69) is 16.1 Å². The second-order valence-corrected chi connectivity index (χ2v) is 5.00. The zero-order valence-electron chi connectivity index (χ0n) is 11.2. The van der Waals surface area contributed by atoms with Gasteiger partial charge in [0.05, 0.1) is 17.0 Å². The Balaban J connectivity index is 1.81. The number of nitrogens with zero attached hydrogens (tertiary/aromatic N) is 3. The molecule has 0 radical (unpaired) electrons. The highest BCUT2D eigenvalue weighted by molar-refractivity contribution is 5.88. The summed E-state index contributed by atoms with van der Waals surface area (Å²) in [5, 5.41) is 13.4.